The number of aliphatic hydroxyl groups is 1. The first-order valence-corrected chi connectivity index (χ1v) is 8.53. The lowest BCUT2D eigenvalue weighted by molar-refractivity contribution is -0.119. The molecule has 1 fully saturated rings. The minimum absolute atomic E-state index is 0.0661. The molecule has 0 aromatic heterocycles. The Morgan fingerprint density at radius 3 is 2.58 bits per heavy atom. The van der Waals surface area contributed by atoms with Crippen LogP contribution < -0.4 is 10.1 Å². The number of nitrogens with one attached hydrogen (secondary N) is 1. The largest absolute Gasteiger partial charge is 0.416 e. The summed E-state index contributed by atoms with van der Waals surface area (Å²) in [6, 6.07) is 13.6. The van der Waals surface area contributed by atoms with Gasteiger partial charge in [0, 0.05) is 12.1 Å². The van der Waals surface area contributed by atoms with Gasteiger partial charge in [-0.1, -0.05) is 35.9 Å². The number of likely N-dealkylation sites (tertiary alicyclic amines) is 1. The van der Waals surface area contributed by atoms with E-state index in [-0.39, 0.29) is 18.9 Å². The summed E-state index contributed by atoms with van der Waals surface area (Å²) < 4.78 is 5.31. The van der Waals surface area contributed by atoms with Gasteiger partial charge in [-0.15, -0.1) is 0 Å². The number of aliphatic hydroxyl groups excluding tert-OH is 1. The number of β-amino-alcohol motifs (C(OH)–C–C–N with tert-alkyl or cyclic N) is 1. The van der Waals surface area contributed by atoms with Gasteiger partial charge in [0.2, 0.25) is 5.91 Å². The molecule has 2 N–H and O–H groups in total. The summed E-state index contributed by atoms with van der Waals surface area (Å²) in [6.45, 7) is 3.96. The van der Waals surface area contributed by atoms with Gasteiger partial charge in [0.1, 0.15) is 11.8 Å². The number of amides is 2. The van der Waals surface area contributed by atoms with Crippen LogP contribution in [-0.4, -0.2) is 40.7 Å². The summed E-state index contributed by atoms with van der Waals surface area (Å²) in [5.74, 6) is 0.0611. The summed E-state index contributed by atoms with van der Waals surface area (Å²) in [4.78, 5) is 26.4. The van der Waals surface area contributed by atoms with Gasteiger partial charge in [-0.3, -0.25) is 9.69 Å². The van der Waals surface area contributed by atoms with Crippen LogP contribution in [-0.2, 0) is 4.79 Å². The van der Waals surface area contributed by atoms with Crippen LogP contribution in [0.3, 0.4) is 0 Å². The van der Waals surface area contributed by atoms with E-state index in [9.17, 15) is 14.7 Å². The molecule has 0 spiro atoms. The molecule has 0 unspecified atom stereocenters. The first kappa shape index (κ1) is 17.9. The van der Waals surface area contributed by atoms with E-state index < -0.39 is 18.2 Å². The Morgan fingerprint density at radius 1 is 1.15 bits per heavy atom. The highest BCUT2D eigenvalue weighted by Crippen LogP contribution is 2.23. The molecule has 6 heteroatoms. The number of hydrogen-bond acceptors (Lipinski definition) is 4. The van der Waals surface area contributed by atoms with Crippen molar-refractivity contribution in [2.75, 3.05) is 11.9 Å². The molecule has 2 aromatic rings. The number of ether oxygens (including phenoxy) is 1. The zero-order valence-electron chi connectivity index (χ0n) is 14.8. The van der Waals surface area contributed by atoms with E-state index in [0.29, 0.717) is 11.4 Å². The molecule has 0 radical (unpaired) electrons. The van der Waals surface area contributed by atoms with Crippen molar-refractivity contribution in [3.8, 4) is 5.75 Å². The van der Waals surface area contributed by atoms with Gasteiger partial charge < -0.3 is 15.2 Å². The number of hydrogen-bond donors (Lipinski definition) is 2. The van der Waals surface area contributed by atoms with Crippen molar-refractivity contribution >= 4 is 17.7 Å². The van der Waals surface area contributed by atoms with Gasteiger partial charge in [0.05, 0.1) is 12.6 Å². The maximum absolute atomic E-state index is 12.7. The van der Waals surface area contributed by atoms with Crippen molar-refractivity contribution < 1.29 is 19.4 Å². The summed E-state index contributed by atoms with van der Waals surface area (Å²) in [5.41, 5.74) is 2.73. The van der Waals surface area contributed by atoms with E-state index in [4.69, 9.17) is 4.74 Å². The molecule has 0 bridgehead atoms. The second kappa shape index (κ2) is 7.58. The number of aryl methyl sites for hydroxylation is 2. The monoisotopic (exact) mass is 354 g/mol. The first-order chi connectivity index (χ1) is 12.4. The molecule has 1 aliphatic rings. The molecular formula is C20H22N2O4. The van der Waals surface area contributed by atoms with Gasteiger partial charge in [0.15, 0.2) is 0 Å². The zero-order valence-corrected chi connectivity index (χ0v) is 14.8. The van der Waals surface area contributed by atoms with Crippen LogP contribution >= 0.6 is 0 Å². The van der Waals surface area contributed by atoms with Crippen LogP contribution in [0.5, 0.6) is 5.75 Å². The van der Waals surface area contributed by atoms with Crippen LogP contribution in [0.15, 0.2) is 48.5 Å². The second-order valence-electron chi connectivity index (χ2n) is 6.55. The summed E-state index contributed by atoms with van der Waals surface area (Å²) in [7, 11) is 0. The third kappa shape index (κ3) is 4.03. The van der Waals surface area contributed by atoms with E-state index in [2.05, 4.69) is 5.32 Å². The van der Waals surface area contributed by atoms with Crippen molar-refractivity contribution in [1.29, 1.82) is 0 Å². The zero-order chi connectivity index (χ0) is 18.7. The number of para-hydroxylation sites is 1. The SMILES string of the molecule is Cc1ccc(NC(=O)[C@H]2C[C@@H](O)CN2C(=O)Oc2ccccc2)c(C)c1. The molecule has 2 atom stereocenters. The van der Waals surface area contributed by atoms with Gasteiger partial charge in [-0.05, 0) is 37.6 Å². The molecule has 1 saturated heterocycles. The summed E-state index contributed by atoms with van der Waals surface area (Å²) in [6.07, 6.45) is -1.22. The van der Waals surface area contributed by atoms with E-state index in [1.165, 1.54) is 4.90 Å². The van der Waals surface area contributed by atoms with Crippen LogP contribution in [0, 0.1) is 13.8 Å². The fourth-order valence-corrected chi connectivity index (χ4v) is 3.08. The van der Waals surface area contributed by atoms with Crippen LogP contribution in [0.4, 0.5) is 10.5 Å². The normalized spacial score (nSPS) is 19.3. The van der Waals surface area contributed by atoms with Crippen molar-refractivity contribution in [1.82, 2.24) is 4.90 Å². The second-order valence-corrected chi connectivity index (χ2v) is 6.55. The highest BCUT2D eigenvalue weighted by atomic mass is 16.6. The number of nitrogens with zero attached hydrogens (tertiary/aromatic N) is 1. The van der Waals surface area contributed by atoms with E-state index in [1.54, 1.807) is 24.3 Å². The van der Waals surface area contributed by atoms with Gasteiger partial charge in [-0.2, -0.15) is 0 Å². The maximum atomic E-state index is 12.7. The van der Waals surface area contributed by atoms with Gasteiger partial charge in [-0.25, -0.2) is 4.79 Å². The predicted octanol–water partition coefficient (Wildman–Crippen LogP) is 2.88. The number of anilines is 1. The number of rotatable bonds is 3. The van der Waals surface area contributed by atoms with E-state index in [1.807, 2.05) is 38.1 Å². The Bertz CT molecular complexity index is 807. The first-order valence-electron chi connectivity index (χ1n) is 8.53. The topological polar surface area (TPSA) is 78.9 Å². The molecule has 6 nitrogen and oxygen atoms in total. The molecule has 0 aliphatic carbocycles. The summed E-state index contributed by atoms with van der Waals surface area (Å²) >= 11 is 0. The van der Waals surface area contributed by atoms with E-state index >= 15 is 0 Å². The smallest absolute Gasteiger partial charge is 0.410 e. The Balaban J connectivity index is 1.72. The molecular weight excluding hydrogens is 332 g/mol. The molecule has 136 valence electrons. The maximum Gasteiger partial charge on any atom is 0.416 e. The van der Waals surface area contributed by atoms with Crippen molar-refractivity contribution in [3.05, 3.63) is 59.7 Å². The number of carbonyl (C=O) groups excluding carboxylic acids is 2. The molecule has 1 aliphatic heterocycles. The van der Waals surface area contributed by atoms with Crippen LogP contribution in [0.1, 0.15) is 17.5 Å². The Morgan fingerprint density at radius 2 is 1.88 bits per heavy atom. The predicted molar refractivity (Wildman–Crippen MR) is 98.1 cm³/mol. The lowest BCUT2D eigenvalue weighted by atomic mass is 10.1. The van der Waals surface area contributed by atoms with Crippen LogP contribution in [0.2, 0.25) is 0 Å². The average Bonchev–Trinajstić information content (AvgIpc) is 3.00. The number of carbonyl (C=O) groups is 2. The van der Waals surface area contributed by atoms with Crippen LogP contribution in [0.25, 0.3) is 0 Å². The average molecular weight is 354 g/mol. The quantitative estimate of drug-likeness (QED) is 0.888. The highest BCUT2D eigenvalue weighted by Gasteiger charge is 2.40. The van der Waals surface area contributed by atoms with Crippen molar-refractivity contribution in [2.45, 2.75) is 32.4 Å². The molecule has 1 heterocycles. The standard InChI is InChI=1S/C20H22N2O4/c1-13-8-9-17(14(2)10-13)21-19(24)18-11-15(23)12-22(18)20(25)26-16-6-4-3-5-7-16/h3-10,15,18,23H,11-12H2,1-2H3,(H,21,24)/t15-,18-/m1/s1. The lowest BCUT2D eigenvalue weighted by Gasteiger charge is -2.23. The van der Waals surface area contributed by atoms with E-state index in [0.717, 1.165) is 11.1 Å². The Labute approximate surface area is 152 Å². The molecule has 26 heavy (non-hydrogen) atoms. The lowest BCUT2D eigenvalue weighted by Crippen LogP contribution is -2.44. The van der Waals surface area contributed by atoms with Gasteiger partial charge >= 0.3 is 6.09 Å². The third-order valence-electron chi connectivity index (χ3n) is 4.40. The highest BCUT2D eigenvalue weighted by molar-refractivity contribution is 5.97. The fraction of sp³-hybridized carbons (Fsp3) is 0.300. The summed E-state index contributed by atoms with van der Waals surface area (Å²) in [5, 5.41) is 12.8. The Hall–Kier alpha value is -2.86. The fourth-order valence-electron chi connectivity index (χ4n) is 3.08. The minimum atomic E-state index is -0.776. The Kier molecular flexibility index (Phi) is 5.23. The number of benzene rings is 2. The van der Waals surface area contributed by atoms with Crippen molar-refractivity contribution in [3.63, 3.8) is 0 Å². The molecule has 3 rings (SSSR count). The molecule has 0 saturated carbocycles. The third-order valence-corrected chi connectivity index (χ3v) is 4.40. The van der Waals surface area contributed by atoms with Crippen molar-refractivity contribution in [2.24, 2.45) is 0 Å². The minimum Gasteiger partial charge on any atom is -0.410 e. The van der Waals surface area contributed by atoms with Gasteiger partial charge in [0.25, 0.3) is 0 Å². The molecule has 2 aromatic carbocycles. The molecule has 2 amide bonds.